The lowest BCUT2D eigenvalue weighted by Gasteiger charge is -2.37. The quantitative estimate of drug-likeness (QED) is 0.552. The summed E-state index contributed by atoms with van der Waals surface area (Å²) < 4.78 is 7.65. The van der Waals surface area contributed by atoms with E-state index in [9.17, 15) is 5.11 Å². The van der Waals surface area contributed by atoms with Gasteiger partial charge in [-0.1, -0.05) is 0 Å². The number of anilines is 1. The number of aliphatic hydroxyl groups is 1. The Balaban J connectivity index is 1.68. The van der Waals surface area contributed by atoms with E-state index in [0.717, 1.165) is 54.0 Å². The molecular weight excluding hydrogens is 404 g/mol. The van der Waals surface area contributed by atoms with E-state index in [2.05, 4.69) is 40.8 Å². The van der Waals surface area contributed by atoms with Crippen LogP contribution in [0, 0.1) is 0 Å². The number of piperidine rings is 1. The van der Waals surface area contributed by atoms with Crippen LogP contribution in [-0.4, -0.2) is 57.3 Å². The van der Waals surface area contributed by atoms with Crippen LogP contribution >= 0.6 is 0 Å². The molecule has 3 aromatic rings. The lowest BCUT2D eigenvalue weighted by Crippen LogP contribution is -2.48. The number of nitrogens with two attached hydrogens (primary N) is 1. The van der Waals surface area contributed by atoms with Crippen LogP contribution in [-0.2, 0) is 6.54 Å². The standard InChI is InChI=1S/C24H32N6O2/c1-23(2,31)16-32-19-11-20(22-18(12-26-4)14-28-30(22)15-19)17-5-6-21(27-13-17)29-9-7-24(3,25)8-10-29/h5-6,11,13-15,31H,4,7-10,12,16,25H2,1-3H3. The van der Waals surface area contributed by atoms with Crippen LogP contribution < -0.4 is 15.4 Å². The first-order valence-electron chi connectivity index (χ1n) is 10.9. The zero-order valence-electron chi connectivity index (χ0n) is 19.1. The van der Waals surface area contributed by atoms with Crippen LogP contribution in [0.2, 0.25) is 0 Å². The largest absolute Gasteiger partial charge is 0.489 e. The van der Waals surface area contributed by atoms with Crippen molar-refractivity contribution in [2.24, 2.45) is 10.7 Å². The smallest absolute Gasteiger partial charge is 0.138 e. The number of aliphatic imine (C=N–C) groups is 1. The molecule has 3 N–H and O–H groups in total. The second-order valence-electron chi connectivity index (χ2n) is 9.58. The van der Waals surface area contributed by atoms with Crippen LogP contribution in [0.15, 0.2) is 41.8 Å². The Morgan fingerprint density at radius 1 is 1.28 bits per heavy atom. The van der Waals surface area contributed by atoms with Gasteiger partial charge in [-0.05, 0) is 58.5 Å². The molecule has 4 heterocycles. The molecule has 0 unspecified atom stereocenters. The van der Waals surface area contributed by atoms with Gasteiger partial charge >= 0.3 is 0 Å². The summed E-state index contributed by atoms with van der Waals surface area (Å²) in [5.41, 5.74) is 9.07. The van der Waals surface area contributed by atoms with Crippen LogP contribution in [0.3, 0.4) is 0 Å². The van der Waals surface area contributed by atoms with E-state index < -0.39 is 5.60 Å². The molecule has 1 aliphatic rings. The van der Waals surface area contributed by atoms with E-state index >= 15 is 0 Å². The van der Waals surface area contributed by atoms with Crippen LogP contribution in [0.1, 0.15) is 39.2 Å². The SMILES string of the molecule is C=NCc1cnn2cc(OCC(C)(C)O)cc(-c3ccc(N4CCC(C)(N)CC4)nc3)c12. The summed E-state index contributed by atoms with van der Waals surface area (Å²) in [5, 5.41) is 14.5. The Hall–Kier alpha value is -2.97. The lowest BCUT2D eigenvalue weighted by atomic mass is 9.91. The highest BCUT2D eigenvalue weighted by Crippen LogP contribution is 2.32. The van der Waals surface area contributed by atoms with Gasteiger partial charge in [0.15, 0.2) is 0 Å². The number of rotatable bonds is 7. The van der Waals surface area contributed by atoms with E-state index in [0.29, 0.717) is 12.3 Å². The van der Waals surface area contributed by atoms with Crippen molar-refractivity contribution in [3.05, 3.63) is 42.4 Å². The first-order valence-corrected chi connectivity index (χ1v) is 10.9. The molecule has 0 atom stereocenters. The van der Waals surface area contributed by atoms with E-state index in [-0.39, 0.29) is 12.1 Å². The molecule has 1 saturated heterocycles. The summed E-state index contributed by atoms with van der Waals surface area (Å²) >= 11 is 0. The molecule has 1 aliphatic heterocycles. The van der Waals surface area contributed by atoms with Gasteiger partial charge in [0, 0.05) is 41.5 Å². The Labute approximate surface area is 188 Å². The zero-order valence-corrected chi connectivity index (χ0v) is 19.1. The Bertz CT molecular complexity index is 1090. The summed E-state index contributed by atoms with van der Waals surface area (Å²) in [6.45, 7) is 11.6. The highest BCUT2D eigenvalue weighted by molar-refractivity contribution is 5.83. The van der Waals surface area contributed by atoms with Gasteiger partial charge in [-0.2, -0.15) is 5.10 Å². The molecule has 0 spiro atoms. The van der Waals surface area contributed by atoms with E-state index in [1.807, 2.05) is 18.5 Å². The summed E-state index contributed by atoms with van der Waals surface area (Å²) in [7, 11) is 0. The minimum Gasteiger partial charge on any atom is -0.489 e. The molecule has 0 bridgehead atoms. The molecule has 0 saturated carbocycles. The van der Waals surface area contributed by atoms with Crippen molar-refractivity contribution >= 4 is 18.1 Å². The minimum absolute atomic E-state index is 0.0940. The second-order valence-corrected chi connectivity index (χ2v) is 9.58. The molecule has 32 heavy (non-hydrogen) atoms. The number of fused-ring (bicyclic) bond motifs is 1. The van der Waals surface area contributed by atoms with Gasteiger partial charge in [0.25, 0.3) is 0 Å². The number of aromatic nitrogens is 3. The minimum atomic E-state index is -0.936. The third kappa shape index (κ3) is 4.92. The third-order valence-electron chi connectivity index (χ3n) is 5.83. The highest BCUT2D eigenvalue weighted by Gasteiger charge is 2.26. The van der Waals surface area contributed by atoms with Gasteiger partial charge in [0.1, 0.15) is 18.2 Å². The van der Waals surface area contributed by atoms with Crippen molar-refractivity contribution in [2.45, 2.75) is 51.3 Å². The molecule has 1 fully saturated rings. The fourth-order valence-corrected chi connectivity index (χ4v) is 3.93. The fraction of sp³-hybridized carbons (Fsp3) is 0.458. The number of hydrogen-bond acceptors (Lipinski definition) is 7. The van der Waals surface area contributed by atoms with Crippen LogP contribution in [0.5, 0.6) is 5.75 Å². The van der Waals surface area contributed by atoms with Gasteiger partial charge in [-0.25, -0.2) is 9.50 Å². The number of nitrogens with zero attached hydrogens (tertiary/aromatic N) is 5. The van der Waals surface area contributed by atoms with Gasteiger partial charge in [-0.15, -0.1) is 0 Å². The van der Waals surface area contributed by atoms with Crippen molar-refractivity contribution in [2.75, 3.05) is 24.6 Å². The zero-order chi connectivity index (χ0) is 22.9. The van der Waals surface area contributed by atoms with Gasteiger partial charge in [0.05, 0.1) is 30.1 Å². The van der Waals surface area contributed by atoms with Crippen molar-refractivity contribution in [1.29, 1.82) is 0 Å². The molecule has 0 radical (unpaired) electrons. The molecule has 3 aromatic heterocycles. The number of hydrogen-bond donors (Lipinski definition) is 2. The predicted octanol–water partition coefficient (Wildman–Crippen LogP) is 3.06. The first-order chi connectivity index (χ1) is 15.1. The molecule has 8 heteroatoms. The number of ether oxygens (including phenoxy) is 1. The molecular formula is C24H32N6O2. The van der Waals surface area contributed by atoms with Crippen molar-refractivity contribution in [3.8, 4) is 16.9 Å². The van der Waals surface area contributed by atoms with Crippen molar-refractivity contribution < 1.29 is 9.84 Å². The Morgan fingerprint density at radius 2 is 2.03 bits per heavy atom. The molecule has 0 aliphatic carbocycles. The molecule has 0 amide bonds. The Morgan fingerprint density at radius 3 is 2.66 bits per heavy atom. The fourth-order valence-electron chi connectivity index (χ4n) is 3.93. The topological polar surface area (TPSA) is 101 Å². The van der Waals surface area contributed by atoms with Gasteiger partial charge in [-0.3, -0.25) is 4.99 Å². The number of pyridine rings is 2. The summed E-state index contributed by atoms with van der Waals surface area (Å²) in [5.74, 6) is 1.58. The van der Waals surface area contributed by atoms with E-state index in [1.165, 1.54) is 0 Å². The molecule has 8 nitrogen and oxygen atoms in total. The average Bonchev–Trinajstić information content (AvgIpc) is 3.15. The predicted molar refractivity (Wildman–Crippen MR) is 128 cm³/mol. The maximum Gasteiger partial charge on any atom is 0.138 e. The van der Waals surface area contributed by atoms with Crippen molar-refractivity contribution in [1.82, 2.24) is 14.6 Å². The van der Waals surface area contributed by atoms with Crippen LogP contribution in [0.25, 0.3) is 16.6 Å². The van der Waals surface area contributed by atoms with Crippen LogP contribution in [0.4, 0.5) is 5.82 Å². The maximum absolute atomic E-state index is 10.1. The normalized spacial score (nSPS) is 16.3. The van der Waals surface area contributed by atoms with Crippen molar-refractivity contribution in [3.63, 3.8) is 0 Å². The average molecular weight is 437 g/mol. The lowest BCUT2D eigenvalue weighted by molar-refractivity contribution is 0.0283. The monoisotopic (exact) mass is 436 g/mol. The Kier molecular flexibility index (Phi) is 5.92. The first kappa shape index (κ1) is 22.2. The highest BCUT2D eigenvalue weighted by atomic mass is 16.5. The molecule has 0 aromatic carbocycles. The van der Waals surface area contributed by atoms with E-state index in [4.69, 9.17) is 15.5 Å². The summed E-state index contributed by atoms with van der Waals surface area (Å²) in [6.07, 6.45) is 7.40. The second kappa shape index (κ2) is 8.52. The van der Waals surface area contributed by atoms with Gasteiger partial charge < -0.3 is 20.5 Å². The molecule has 4 rings (SSSR count). The summed E-state index contributed by atoms with van der Waals surface area (Å²) in [6, 6.07) is 6.09. The maximum atomic E-state index is 10.1. The van der Waals surface area contributed by atoms with Gasteiger partial charge in [0.2, 0.25) is 0 Å². The molecule has 170 valence electrons. The summed E-state index contributed by atoms with van der Waals surface area (Å²) in [4.78, 5) is 11.1. The third-order valence-corrected chi connectivity index (χ3v) is 5.83. The van der Waals surface area contributed by atoms with E-state index in [1.54, 1.807) is 24.6 Å².